The van der Waals surface area contributed by atoms with Gasteiger partial charge in [0.05, 0.1) is 13.2 Å². The Balaban J connectivity index is 1.62. The van der Waals surface area contributed by atoms with E-state index in [2.05, 4.69) is 18.6 Å². The number of alkyl halides is 2. The molecule has 0 aliphatic carbocycles. The zero-order valence-corrected chi connectivity index (χ0v) is 23.9. The van der Waals surface area contributed by atoms with Crippen LogP contribution in [0.15, 0.2) is 36.4 Å². The van der Waals surface area contributed by atoms with Crippen molar-refractivity contribution in [2.45, 2.75) is 110 Å². The molecule has 0 amide bonds. The Morgan fingerprint density at radius 3 is 1.85 bits per heavy atom. The molecule has 1 atom stereocenters. The number of benzene rings is 2. The quantitative estimate of drug-likeness (QED) is 0.113. The van der Waals surface area contributed by atoms with Gasteiger partial charge in [0, 0.05) is 0 Å². The lowest BCUT2D eigenvalue weighted by Gasteiger charge is -2.20. The summed E-state index contributed by atoms with van der Waals surface area (Å²) < 4.78 is 72.6. The van der Waals surface area contributed by atoms with Crippen LogP contribution in [0.5, 0.6) is 17.2 Å². The molecule has 0 heterocycles. The van der Waals surface area contributed by atoms with E-state index >= 15 is 0 Å². The van der Waals surface area contributed by atoms with Gasteiger partial charge in [-0.15, -0.1) is 0 Å². The Morgan fingerprint density at radius 1 is 0.667 bits per heavy atom. The van der Waals surface area contributed by atoms with Gasteiger partial charge in [0.1, 0.15) is 17.1 Å². The predicted molar refractivity (Wildman–Crippen MR) is 149 cm³/mol. The van der Waals surface area contributed by atoms with Gasteiger partial charge in [0.15, 0.2) is 11.6 Å². The smallest absolute Gasteiger partial charge is 0.429 e. The molecule has 0 aromatic heterocycles. The minimum atomic E-state index is -4.07. The topological polar surface area (TPSA) is 27.7 Å². The average Bonchev–Trinajstić information content (AvgIpc) is 2.91. The molecular formula is C32H46F4O3. The highest BCUT2D eigenvalue weighted by atomic mass is 19.3. The Labute approximate surface area is 232 Å². The molecule has 0 saturated heterocycles. The first-order valence-corrected chi connectivity index (χ1v) is 14.7. The fourth-order valence-electron chi connectivity index (χ4n) is 4.56. The first-order valence-electron chi connectivity index (χ1n) is 14.7. The van der Waals surface area contributed by atoms with Crippen LogP contribution in [0, 0.1) is 17.6 Å². The summed E-state index contributed by atoms with van der Waals surface area (Å²) in [4.78, 5) is 0. The van der Waals surface area contributed by atoms with Crippen LogP contribution in [0.4, 0.5) is 17.6 Å². The van der Waals surface area contributed by atoms with Gasteiger partial charge in [-0.1, -0.05) is 90.9 Å². The van der Waals surface area contributed by atoms with Crippen LogP contribution in [0.3, 0.4) is 0 Å². The molecule has 0 spiro atoms. The first-order chi connectivity index (χ1) is 18.8. The van der Waals surface area contributed by atoms with E-state index in [9.17, 15) is 17.6 Å². The zero-order valence-electron chi connectivity index (χ0n) is 23.9. The Hall–Kier alpha value is -2.44. The summed E-state index contributed by atoms with van der Waals surface area (Å²) in [7, 11) is 0. The Bertz CT molecular complexity index is 934. The lowest BCUT2D eigenvalue weighted by Crippen LogP contribution is -2.24. The van der Waals surface area contributed by atoms with Crippen molar-refractivity contribution < 1.29 is 31.8 Å². The van der Waals surface area contributed by atoms with E-state index in [4.69, 9.17) is 9.47 Å². The molecule has 2 aromatic carbocycles. The summed E-state index contributed by atoms with van der Waals surface area (Å²) in [5.41, 5.74) is -1.20. The number of ether oxygens (including phenoxy) is 3. The van der Waals surface area contributed by atoms with Crippen molar-refractivity contribution >= 4 is 0 Å². The lowest BCUT2D eigenvalue weighted by atomic mass is 9.96. The molecule has 0 fully saturated rings. The van der Waals surface area contributed by atoms with Crippen LogP contribution in [-0.4, -0.2) is 13.2 Å². The van der Waals surface area contributed by atoms with Crippen LogP contribution in [0.25, 0.3) is 0 Å². The van der Waals surface area contributed by atoms with Crippen molar-refractivity contribution in [3.8, 4) is 17.2 Å². The molecule has 0 aliphatic heterocycles. The highest BCUT2D eigenvalue weighted by Crippen LogP contribution is 2.36. The third kappa shape index (κ3) is 12.1. The van der Waals surface area contributed by atoms with Gasteiger partial charge < -0.3 is 14.2 Å². The SMILES string of the molecule is CCCCCCCCC(C)CCCCCCCOc1ccc(OC(F)(F)c2ccc(OCC)c(F)c2F)cc1. The van der Waals surface area contributed by atoms with Gasteiger partial charge >= 0.3 is 6.11 Å². The largest absolute Gasteiger partial charge is 0.494 e. The van der Waals surface area contributed by atoms with Gasteiger partial charge in [0.25, 0.3) is 0 Å². The average molecular weight is 555 g/mol. The minimum Gasteiger partial charge on any atom is -0.494 e. The normalized spacial score (nSPS) is 12.4. The Morgan fingerprint density at radius 2 is 1.23 bits per heavy atom. The number of halogens is 4. The van der Waals surface area contributed by atoms with Gasteiger partial charge in [-0.25, -0.2) is 4.39 Å². The van der Waals surface area contributed by atoms with Gasteiger partial charge in [-0.05, 0) is 55.7 Å². The molecule has 1 unspecified atom stereocenters. The van der Waals surface area contributed by atoms with Crippen molar-refractivity contribution in [1.29, 1.82) is 0 Å². The van der Waals surface area contributed by atoms with E-state index in [1.54, 1.807) is 6.92 Å². The molecular weight excluding hydrogens is 508 g/mol. The second-order valence-electron chi connectivity index (χ2n) is 10.3. The van der Waals surface area contributed by atoms with E-state index in [0.717, 1.165) is 30.9 Å². The van der Waals surface area contributed by atoms with E-state index in [1.807, 2.05) is 0 Å². The maximum atomic E-state index is 14.5. The van der Waals surface area contributed by atoms with Gasteiger partial charge in [-0.3, -0.25) is 0 Å². The van der Waals surface area contributed by atoms with Crippen molar-refractivity contribution in [2.24, 2.45) is 5.92 Å². The molecule has 2 rings (SSSR count). The highest BCUT2D eigenvalue weighted by Gasteiger charge is 2.39. The van der Waals surface area contributed by atoms with Crippen LogP contribution in [0.2, 0.25) is 0 Å². The van der Waals surface area contributed by atoms with Crippen LogP contribution >= 0.6 is 0 Å². The number of hydrogen-bond acceptors (Lipinski definition) is 3. The number of unbranched alkanes of at least 4 members (excludes halogenated alkanes) is 9. The fourth-order valence-corrected chi connectivity index (χ4v) is 4.56. The molecule has 0 N–H and O–H groups in total. The van der Waals surface area contributed by atoms with Gasteiger partial charge in [0.2, 0.25) is 5.82 Å². The van der Waals surface area contributed by atoms with Crippen LogP contribution in [-0.2, 0) is 6.11 Å². The minimum absolute atomic E-state index is 0.0791. The fraction of sp³-hybridized carbons (Fsp3) is 0.625. The Kier molecular flexibility index (Phi) is 15.1. The first kappa shape index (κ1) is 32.8. The summed E-state index contributed by atoms with van der Waals surface area (Å²) in [6, 6.07) is 7.40. The van der Waals surface area contributed by atoms with E-state index in [1.165, 1.54) is 94.9 Å². The van der Waals surface area contributed by atoms with Crippen LogP contribution in [0.1, 0.15) is 110 Å². The summed E-state index contributed by atoms with van der Waals surface area (Å²) in [5, 5.41) is 0. The standard InChI is InChI=1S/C32H46F4O3/c1-4-6-7-8-10-13-16-25(3)17-14-11-9-12-15-24-38-26-18-20-27(21-19-26)39-32(35,36)28-22-23-29(37-5-2)31(34)30(28)33/h18-23,25H,4-17,24H2,1-3H3. The maximum absolute atomic E-state index is 14.5. The van der Waals surface area contributed by atoms with Crippen molar-refractivity contribution in [2.75, 3.05) is 13.2 Å². The van der Waals surface area contributed by atoms with Crippen molar-refractivity contribution in [3.63, 3.8) is 0 Å². The summed E-state index contributed by atoms with van der Waals surface area (Å²) in [6.07, 6.45) is 12.4. The van der Waals surface area contributed by atoms with Crippen molar-refractivity contribution in [1.82, 2.24) is 0 Å². The van der Waals surface area contributed by atoms with Gasteiger partial charge in [-0.2, -0.15) is 13.2 Å². The molecule has 39 heavy (non-hydrogen) atoms. The van der Waals surface area contributed by atoms with E-state index < -0.39 is 29.1 Å². The predicted octanol–water partition coefficient (Wildman–Crippen LogP) is 10.6. The molecule has 0 radical (unpaired) electrons. The monoisotopic (exact) mass is 554 g/mol. The maximum Gasteiger partial charge on any atom is 0.429 e. The van der Waals surface area contributed by atoms with Crippen LogP contribution < -0.4 is 14.2 Å². The second kappa shape index (κ2) is 18.0. The third-order valence-corrected chi connectivity index (χ3v) is 6.89. The molecule has 0 aliphatic rings. The summed E-state index contributed by atoms with van der Waals surface area (Å²) >= 11 is 0. The molecule has 7 heteroatoms. The van der Waals surface area contributed by atoms with E-state index in [0.29, 0.717) is 12.4 Å². The third-order valence-electron chi connectivity index (χ3n) is 6.89. The van der Waals surface area contributed by atoms with E-state index in [-0.39, 0.29) is 12.4 Å². The van der Waals surface area contributed by atoms with Crippen molar-refractivity contribution in [3.05, 3.63) is 53.6 Å². The highest BCUT2D eigenvalue weighted by molar-refractivity contribution is 5.35. The zero-order chi connectivity index (χ0) is 28.5. The number of rotatable bonds is 21. The molecule has 2 aromatic rings. The lowest BCUT2D eigenvalue weighted by molar-refractivity contribution is -0.187. The summed E-state index contributed by atoms with van der Waals surface area (Å²) in [5.74, 6) is -2.44. The molecule has 0 bridgehead atoms. The molecule has 3 nitrogen and oxygen atoms in total. The number of hydrogen-bond donors (Lipinski definition) is 0. The second-order valence-corrected chi connectivity index (χ2v) is 10.3. The molecule has 220 valence electrons. The summed E-state index contributed by atoms with van der Waals surface area (Å²) in [6.45, 7) is 6.82. The molecule has 0 saturated carbocycles.